The fourth-order valence-electron chi connectivity index (χ4n) is 3.83. The molecule has 0 bridgehead atoms. The lowest BCUT2D eigenvalue weighted by atomic mass is 9.95. The van der Waals surface area contributed by atoms with Gasteiger partial charge in [-0.25, -0.2) is 0 Å². The van der Waals surface area contributed by atoms with E-state index >= 15 is 0 Å². The van der Waals surface area contributed by atoms with Gasteiger partial charge in [0.2, 0.25) is 0 Å². The van der Waals surface area contributed by atoms with Crippen molar-refractivity contribution in [2.24, 2.45) is 0 Å². The Morgan fingerprint density at radius 3 is 3.05 bits per heavy atom. The third-order valence-corrected chi connectivity index (χ3v) is 4.91. The molecule has 2 aliphatic rings. The Morgan fingerprint density at radius 2 is 2.27 bits per heavy atom. The molecule has 0 N–H and O–H groups in total. The summed E-state index contributed by atoms with van der Waals surface area (Å²) < 4.78 is 11.9. The van der Waals surface area contributed by atoms with Gasteiger partial charge in [0, 0.05) is 17.6 Å². The molecule has 0 aliphatic carbocycles. The lowest BCUT2D eigenvalue weighted by Gasteiger charge is -2.35. The van der Waals surface area contributed by atoms with E-state index in [4.69, 9.17) is 9.47 Å². The Morgan fingerprint density at radius 1 is 1.41 bits per heavy atom. The number of aromatic nitrogens is 2. The summed E-state index contributed by atoms with van der Waals surface area (Å²) in [4.78, 5) is 2.64. The normalized spacial score (nSPS) is 28.3. The monoisotopic (exact) mass is 305 g/mol. The summed E-state index contributed by atoms with van der Waals surface area (Å²) in [5.41, 5.74) is 1.15. The van der Waals surface area contributed by atoms with Gasteiger partial charge in [-0.3, -0.25) is 4.90 Å². The summed E-state index contributed by atoms with van der Waals surface area (Å²) in [6.45, 7) is 8.92. The molecule has 0 saturated carbocycles. The van der Waals surface area contributed by atoms with Crippen LogP contribution in [0.4, 0.5) is 0 Å². The number of rotatable bonds is 6. The van der Waals surface area contributed by atoms with Gasteiger partial charge in [0.1, 0.15) is 12.4 Å². The highest BCUT2D eigenvalue weighted by Crippen LogP contribution is 2.42. The van der Waals surface area contributed by atoms with Crippen LogP contribution in [0, 0.1) is 6.92 Å². The molecule has 122 valence electrons. The Labute approximate surface area is 133 Å². The molecular weight excluding hydrogens is 278 g/mol. The Hall–Kier alpha value is -1.20. The molecule has 5 heteroatoms. The van der Waals surface area contributed by atoms with Gasteiger partial charge in [0.15, 0.2) is 0 Å². The summed E-state index contributed by atoms with van der Waals surface area (Å²) in [6, 6.07) is 2.44. The van der Waals surface area contributed by atoms with E-state index in [1.165, 1.54) is 32.2 Å². The maximum Gasteiger partial charge on any atom is 0.141 e. The van der Waals surface area contributed by atoms with Crippen molar-refractivity contribution in [3.63, 3.8) is 0 Å². The molecule has 3 heterocycles. The second kappa shape index (κ2) is 6.50. The fraction of sp³-hybridized carbons (Fsp3) is 0.765. The van der Waals surface area contributed by atoms with E-state index in [-0.39, 0.29) is 5.54 Å². The second-order valence-corrected chi connectivity index (χ2v) is 6.92. The molecule has 2 saturated heterocycles. The van der Waals surface area contributed by atoms with Gasteiger partial charge in [-0.15, -0.1) is 0 Å². The zero-order valence-corrected chi connectivity index (χ0v) is 13.9. The minimum absolute atomic E-state index is 0.255. The average Bonchev–Trinajstić information content (AvgIpc) is 3.02. The van der Waals surface area contributed by atoms with Crippen LogP contribution in [0.1, 0.15) is 45.2 Å². The molecule has 0 amide bonds. The van der Waals surface area contributed by atoms with Gasteiger partial charge >= 0.3 is 0 Å². The second-order valence-electron chi connectivity index (χ2n) is 6.92. The molecule has 3 rings (SSSR count). The largest absolute Gasteiger partial charge is 0.490 e. The Kier molecular flexibility index (Phi) is 4.64. The molecule has 2 atom stereocenters. The van der Waals surface area contributed by atoms with Gasteiger partial charge in [-0.05, 0) is 53.0 Å². The molecule has 0 spiro atoms. The molecule has 0 aromatic carbocycles. The Balaban J connectivity index is 1.59. The molecule has 1 aromatic heterocycles. The van der Waals surface area contributed by atoms with Crippen molar-refractivity contribution in [1.82, 2.24) is 15.1 Å². The van der Waals surface area contributed by atoms with Gasteiger partial charge in [-0.1, -0.05) is 0 Å². The highest BCUT2D eigenvalue weighted by atomic mass is 16.5. The first kappa shape index (κ1) is 15.7. The molecule has 22 heavy (non-hydrogen) atoms. The van der Waals surface area contributed by atoms with Crippen LogP contribution in [0.2, 0.25) is 0 Å². The first-order valence-corrected chi connectivity index (χ1v) is 8.39. The maximum absolute atomic E-state index is 5.96. The molecule has 2 aliphatic heterocycles. The van der Waals surface area contributed by atoms with Crippen LogP contribution in [0.3, 0.4) is 0 Å². The minimum atomic E-state index is 0.255. The van der Waals surface area contributed by atoms with Crippen molar-refractivity contribution in [3.8, 4) is 5.75 Å². The van der Waals surface area contributed by atoms with E-state index in [0.29, 0.717) is 12.1 Å². The smallest absolute Gasteiger partial charge is 0.141 e. The molecule has 2 unspecified atom stereocenters. The van der Waals surface area contributed by atoms with Crippen LogP contribution in [0.5, 0.6) is 5.75 Å². The van der Waals surface area contributed by atoms with Gasteiger partial charge in [0.05, 0.1) is 24.6 Å². The summed E-state index contributed by atoms with van der Waals surface area (Å²) in [5.74, 6) is 0.822. The number of aryl methyl sites for hydroxylation is 1. The standard InChI is InChI=1S/C17H27N3O2/c1-13(2)22-12-17-6-4-8-20(17)15(5-7-17)11-21-16-9-14(3)19-18-10-16/h9-10,13,15H,4-8,11-12H2,1-3H3. The van der Waals surface area contributed by atoms with Crippen molar-refractivity contribution in [2.75, 3.05) is 19.8 Å². The predicted octanol–water partition coefficient (Wildman–Crippen LogP) is 2.59. The quantitative estimate of drug-likeness (QED) is 0.808. The van der Waals surface area contributed by atoms with E-state index in [0.717, 1.165) is 24.7 Å². The lowest BCUT2D eigenvalue weighted by Crippen LogP contribution is -2.47. The average molecular weight is 305 g/mol. The SMILES string of the molecule is Cc1cc(OCC2CCC3(COC(C)C)CCCN23)cnn1. The highest BCUT2D eigenvalue weighted by Gasteiger charge is 2.49. The summed E-state index contributed by atoms with van der Waals surface area (Å²) >= 11 is 0. The number of nitrogens with zero attached hydrogens (tertiary/aromatic N) is 3. The molecule has 0 radical (unpaired) electrons. The van der Waals surface area contributed by atoms with Crippen molar-refractivity contribution < 1.29 is 9.47 Å². The minimum Gasteiger partial charge on any atom is -0.490 e. The summed E-state index contributed by atoms with van der Waals surface area (Å²) in [7, 11) is 0. The maximum atomic E-state index is 5.96. The predicted molar refractivity (Wildman–Crippen MR) is 85.0 cm³/mol. The van der Waals surface area contributed by atoms with Crippen molar-refractivity contribution in [1.29, 1.82) is 0 Å². The van der Waals surface area contributed by atoms with Crippen molar-refractivity contribution >= 4 is 0 Å². The van der Waals surface area contributed by atoms with E-state index < -0.39 is 0 Å². The molecule has 5 nitrogen and oxygen atoms in total. The molecule has 1 aromatic rings. The van der Waals surface area contributed by atoms with Crippen molar-refractivity contribution in [2.45, 2.75) is 64.1 Å². The molecular formula is C17H27N3O2. The van der Waals surface area contributed by atoms with Crippen LogP contribution in [0.15, 0.2) is 12.3 Å². The van der Waals surface area contributed by atoms with Crippen LogP contribution >= 0.6 is 0 Å². The zero-order valence-electron chi connectivity index (χ0n) is 13.9. The number of hydrogen-bond donors (Lipinski definition) is 0. The zero-order chi connectivity index (χ0) is 15.6. The van der Waals surface area contributed by atoms with Crippen LogP contribution in [0.25, 0.3) is 0 Å². The number of ether oxygens (including phenoxy) is 2. The van der Waals surface area contributed by atoms with E-state index in [2.05, 4.69) is 28.9 Å². The summed E-state index contributed by atoms with van der Waals surface area (Å²) in [5, 5.41) is 7.92. The van der Waals surface area contributed by atoms with Gasteiger partial charge in [-0.2, -0.15) is 10.2 Å². The topological polar surface area (TPSA) is 47.5 Å². The third kappa shape index (κ3) is 3.25. The number of hydrogen-bond acceptors (Lipinski definition) is 5. The summed E-state index contributed by atoms with van der Waals surface area (Å²) in [6.07, 6.45) is 6.94. The van der Waals surface area contributed by atoms with Crippen LogP contribution in [-0.2, 0) is 4.74 Å². The first-order chi connectivity index (χ1) is 10.6. The lowest BCUT2D eigenvalue weighted by molar-refractivity contribution is -0.00897. The number of fused-ring (bicyclic) bond motifs is 1. The van der Waals surface area contributed by atoms with E-state index in [9.17, 15) is 0 Å². The van der Waals surface area contributed by atoms with Crippen molar-refractivity contribution in [3.05, 3.63) is 18.0 Å². The molecule has 2 fully saturated rings. The van der Waals surface area contributed by atoms with E-state index in [1.807, 2.05) is 13.0 Å². The highest BCUT2D eigenvalue weighted by molar-refractivity contribution is 5.18. The van der Waals surface area contributed by atoms with Crippen LogP contribution < -0.4 is 4.74 Å². The third-order valence-electron chi connectivity index (χ3n) is 4.91. The van der Waals surface area contributed by atoms with Crippen LogP contribution in [-0.4, -0.2) is 52.5 Å². The van der Waals surface area contributed by atoms with Gasteiger partial charge in [0.25, 0.3) is 0 Å². The van der Waals surface area contributed by atoms with Gasteiger partial charge < -0.3 is 9.47 Å². The van der Waals surface area contributed by atoms with E-state index in [1.54, 1.807) is 6.20 Å². The first-order valence-electron chi connectivity index (χ1n) is 8.39. The Bertz CT molecular complexity index is 508. The fourth-order valence-corrected chi connectivity index (χ4v) is 3.83.